The molecule has 4 heteroatoms. The maximum Gasteiger partial charge on any atom is 0.137 e. The van der Waals surface area contributed by atoms with Crippen LogP contribution in [0.5, 0.6) is 0 Å². The van der Waals surface area contributed by atoms with Crippen LogP contribution in [0.15, 0.2) is 11.1 Å². The van der Waals surface area contributed by atoms with Crippen molar-refractivity contribution in [1.82, 2.24) is 4.98 Å². The smallest absolute Gasteiger partial charge is 0.137 e. The van der Waals surface area contributed by atoms with Crippen LogP contribution in [0.3, 0.4) is 0 Å². The van der Waals surface area contributed by atoms with Gasteiger partial charge < -0.3 is 5.11 Å². The van der Waals surface area contributed by atoms with E-state index in [0.29, 0.717) is 17.0 Å². The monoisotopic (exact) mass is 236 g/mol. The van der Waals surface area contributed by atoms with Crippen molar-refractivity contribution < 1.29 is 5.11 Å². The van der Waals surface area contributed by atoms with Crippen molar-refractivity contribution in [2.75, 3.05) is 0 Å². The summed E-state index contributed by atoms with van der Waals surface area (Å²) in [5.74, 6) is 0.109. The highest BCUT2D eigenvalue weighted by molar-refractivity contribution is 7.10. The summed E-state index contributed by atoms with van der Waals surface area (Å²) < 4.78 is 0. The SMILES string of the molecule is CC/C(O)=C(\C#N)c1nc(C(C)(C)C)cs1. The lowest BCUT2D eigenvalue weighted by molar-refractivity contribution is 0.398. The number of nitriles is 1. The molecule has 0 saturated heterocycles. The first kappa shape index (κ1) is 12.7. The number of hydrogen-bond acceptors (Lipinski definition) is 4. The summed E-state index contributed by atoms with van der Waals surface area (Å²) >= 11 is 1.40. The molecule has 0 bridgehead atoms. The van der Waals surface area contributed by atoms with Gasteiger partial charge in [0.05, 0.1) is 5.69 Å². The molecule has 1 aromatic heterocycles. The Morgan fingerprint density at radius 3 is 2.56 bits per heavy atom. The molecule has 16 heavy (non-hydrogen) atoms. The second-order valence-electron chi connectivity index (χ2n) is 4.57. The Kier molecular flexibility index (Phi) is 3.71. The number of hydrogen-bond donors (Lipinski definition) is 1. The van der Waals surface area contributed by atoms with Crippen LogP contribution in [0.25, 0.3) is 5.57 Å². The summed E-state index contributed by atoms with van der Waals surface area (Å²) in [6.07, 6.45) is 0.452. The second kappa shape index (κ2) is 4.67. The summed E-state index contributed by atoms with van der Waals surface area (Å²) in [6.45, 7) is 8.02. The number of aliphatic hydroxyl groups is 1. The molecule has 0 atom stereocenters. The molecule has 0 fully saturated rings. The molecule has 0 spiro atoms. The number of aliphatic hydroxyl groups excluding tert-OH is 1. The summed E-state index contributed by atoms with van der Waals surface area (Å²) in [7, 11) is 0. The van der Waals surface area contributed by atoms with Crippen molar-refractivity contribution in [2.45, 2.75) is 39.5 Å². The Labute approximate surface area is 100 Å². The Hall–Kier alpha value is -1.34. The molecule has 0 unspecified atom stereocenters. The third-order valence-electron chi connectivity index (χ3n) is 2.22. The van der Waals surface area contributed by atoms with E-state index in [4.69, 9.17) is 5.26 Å². The van der Waals surface area contributed by atoms with Crippen LogP contribution >= 0.6 is 11.3 Å². The van der Waals surface area contributed by atoms with Gasteiger partial charge in [-0.3, -0.25) is 0 Å². The number of aromatic nitrogens is 1. The molecule has 0 aromatic carbocycles. The lowest BCUT2D eigenvalue weighted by Gasteiger charge is -2.14. The van der Waals surface area contributed by atoms with E-state index < -0.39 is 0 Å². The van der Waals surface area contributed by atoms with Crippen LogP contribution in [0.4, 0.5) is 0 Å². The molecular weight excluding hydrogens is 220 g/mol. The van der Waals surface area contributed by atoms with E-state index in [0.717, 1.165) is 5.69 Å². The van der Waals surface area contributed by atoms with E-state index in [-0.39, 0.29) is 11.2 Å². The molecule has 0 aliphatic carbocycles. The highest BCUT2D eigenvalue weighted by Crippen LogP contribution is 2.28. The van der Waals surface area contributed by atoms with Crippen LogP contribution in [0.1, 0.15) is 44.8 Å². The number of allylic oxidation sites excluding steroid dienone is 2. The van der Waals surface area contributed by atoms with Gasteiger partial charge in [0.1, 0.15) is 22.4 Å². The third-order valence-corrected chi connectivity index (χ3v) is 3.08. The minimum Gasteiger partial charge on any atom is -0.511 e. The van der Waals surface area contributed by atoms with Crippen molar-refractivity contribution in [3.8, 4) is 6.07 Å². The highest BCUT2D eigenvalue weighted by atomic mass is 32.1. The van der Waals surface area contributed by atoms with Crippen LogP contribution in [0, 0.1) is 11.3 Å². The standard InChI is InChI=1S/C12H16N2OS/c1-5-9(15)8(6-13)11-14-10(7-16-11)12(2,3)4/h7,15H,5H2,1-4H3/b9-8-. The molecule has 3 nitrogen and oxygen atoms in total. The first-order chi connectivity index (χ1) is 7.40. The van der Waals surface area contributed by atoms with E-state index in [1.54, 1.807) is 0 Å². The van der Waals surface area contributed by atoms with Crippen molar-refractivity contribution >= 4 is 16.9 Å². The van der Waals surface area contributed by atoms with Gasteiger partial charge in [-0.05, 0) is 0 Å². The summed E-state index contributed by atoms with van der Waals surface area (Å²) in [6, 6.07) is 2.01. The van der Waals surface area contributed by atoms with Gasteiger partial charge in [0, 0.05) is 17.2 Å². The molecule has 1 rings (SSSR count). The minimum atomic E-state index is -0.0306. The zero-order valence-corrected chi connectivity index (χ0v) is 10.9. The fourth-order valence-corrected chi connectivity index (χ4v) is 2.21. The molecular formula is C12H16N2OS. The van der Waals surface area contributed by atoms with Gasteiger partial charge in [-0.2, -0.15) is 5.26 Å². The van der Waals surface area contributed by atoms with E-state index in [1.165, 1.54) is 11.3 Å². The molecule has 1 N–H and O–H groups in total. The molecule has 0 aliphatic rings. The summed E-state index contributed by atoms with van der Waals surface area (Å²) in [5, 5.41) is 21.1. The van der Waals surface area contributed by atoms with Gasteiger partial charge in [0.2, 0.25) is 0 Å². The zero-order valence-electron chi connectivity index (χ0n) is 10.0. The molecule has 0 radical (unpaired) electrons. The van der Waals surface area contributed by atoms with E-state index in [9.17, 15) is 5.11 Å². The Morgan fingerprint density at radius 2 is 2.19 bits per heavy atom. The van der Waals surface area contributed by atoms with Gasteiger partial charge in [-0.15, -0.1) is 11.3 Å². The van der Waals surface area contributed by atoms with Crippen LogP contribution in [0.2, 0.25) is 0 Å². The Balaban J connectivity index is 3.17. The number of thiazole rings is 1. The molecule has 0 amide bonds. The van der Waals surface area contributed by atoms with Crippen LogP contribution in [-0.4, -0.2) is 10.1 Å². The fourth-order valence-electron chi connectivity index (χ4n) is 1.15. The number of nitrogens with zero attached hydrogens (tertiary/aromatic N) is 2. The molecule has 0 saturated carbocycles. The summed E-state index contributed by atoms with van der Waals surface area (Å²) in [4.78, 5) is 4.40. The lowest BCUT2D eigenvalue weighted by atomic mass is 9.93. The average Bonchev–Trinajstić information content (AvgIpc) is 2.67. The molecule has 86 valence electrons. The predicted octanol–water partition coefficient (Wildman–Crippen LogP) is 3.64. The normalized spacial score (nSPS) is 13.2. The van der Waals surface area contributed by atoms with Crippen molar-refractivity contribution in [3.05, 3.63) is 21.8 Å². The van der Waals surface area contributed by atoms with Gasteiger partial charge in [-0.1, -0.05) is 27.7 Å². The van der Waals surface area contributed by atoms with Gasteiger partial charge in [0.25, 0.3) is 0 Å². The Bertz CT molecular complexity index is 446. The zero-order chi connectivity index (χ0) is 12.3. The maximum absolute atomic E-state index is 9.61. The Morgan fingerprint density at radius 1 is 1.56 bits per heavy atom. The first-order valence-electron chi connectivity index (χ1n) is 5.18. The number of rotatable bonds is 2. The van der Waals surface area contributed by atoms with Crippen molar-refractivity contribution in [1.29, 1.82) is 5.26 Å². The second-order valence-corrected chi connectivity index (χ2v) is 5.43. The predicted molar refractivity (Wildman–Crippen MR) is 66.3 cm³/mol. The van der Waals surface area contributed by atoms with Crippen molar-refractivity contribution in [2.24, 2.45) is 0 Å². The van der Waals surface area contributed by atoms with Crippen molar-refractivity contribution in [3.63, 3.8) is 0 Å². The van der Waals surface area contributed by atoms with Gasteiger partial charge in [-0.25, -0.2) is 4.98 Å². The first-order valence-corrected chi connectivity index (χ1v) is 6.06. The lowest BCUT2D eigenvalue weighted by Crippen LogP contribution is -2.11. The molecule has 0 aliphatic heterocycles. The fraction of sp³-hybridized carbons (Fsp3) is 0.500. The highest BCUT2D eigenvalue weighted by Gasteiger charge is 2.19. The molecule has 1 heterocycles. The van der Waals surface area contributed by atoms with E-state index in [1.807, 2.05) is 18.4 Å². The average molecular weight is 236 g/mol. The molecule has 1 aromatic rings. The van der Waals surface area contributed by atoms with E-state index in [2.05, 4.69) is 25.8 Å². The quantitative estimate of drug-likeness (QED) is 0.630. The maximum atomic E-state index is 9.61. The van der Waals surface area contributed by atoms with Crippen LogP contribution < -0.4 is 0 Å². The minimum absolute atomic E-state index is 0.0306. The largest absolute Gasteiger partial charge is 0.511 e. The van der Waals surface area contributed by atoms with E-state index >= 15 is 0 Å². The topological polar surface area (TPSA) is 56.9 Å². The van der Waals surface area contributed by atoms with Crippen LogP contribution in [-0.2, 0) is 5.41 Å². The van der Waals surface area contributed by atoms with Gasteiger partial charge >= 0.3 is 0 Å². The third kappa shape index (κ3) is 2.61. The van der Waals surface area contributed by atoms with Gasteiger partial charge in [0.15, 0.2) is 0 Å². The summed E-state index contributed by atoms with van der Waals surface area (Å²) in [5.41, 5.74) is 1.21.